The Kier molecular flexibility index (Phi) is 6.00. The molecule has 1 aliphatic heterocycles. The van der Waals surface area contributed by atoms with Crippen LogP contribution in [0.4, 0.5) is 0 Å². The van der Waals surface area contributed by atoms with Crippen LogP contribution in [0, 0.1) is 6.92 Å². The van der Waals surface area contributed by atoms with Crippen LogP contribution >= 0.6 is 0 Å². The van der Waals surface area contributed by atoms with E-state index in [0.717, 1.165) is 49.8 Å². The first kappa shape index (κ1) is 18.7. The first-order chi connectivity index (χ1) is 13.8. The summed E-state index contributed by atoms with van der Waals surface area (Å²) < 4.78 is 6.08. The molecule has 4 rings (SSSR count). The van der Waals surface area contributed by atoms with E-state index in [2.05, 4.69) is 47.5 Å². The molecule has 1 atom stereocenters. The molecule has 2 heterocycles. The Morgan fingerprint density at radius 2 is 1.79 bits per heavy atom. The highest BCUT2D eigenvalue weighted by molar-refractivity contribution is 5.38. The molecule has 0 amide bonds. The fourth-order valence-electron chi connectivity index (χ4n) is 3.71. The SMILES string of the molecule is Cc1ccc(C(c2cccc(Oc3ccccc3)c2)N2CCCNCC2)nc1. The number of nitrogens with one attached hydrogen (secondary N) is 1. The molecule has 0 saturated carbocycles. The lowest BCUT2D eigenvalue weighted by Gasteiger charge is -2.30. The second-order valence-electron chi connectivity index (χ2n) is 7.29. The summed E-state index contributed by atoms with van der Waals surface area (Å²) in [6, 6.07) is 22.8. The molecule has 0 radical (unpaired) electrons. The molecule has 1 aliphatic rings. The van der Waals surface area contributed by atoms with Crippen molar-refractivity contribution >= 4 is 0 Å². The number of ether oxygens (including phenoxy) is 1. The third kappa shape index (κ3) is 4.58. The maximum Gasteiger partial charge on any atom is 0.127 e. The molecular formula is C24H27N3O. The van der Waals surface area contributed by atoms with Gasteiger partial charge >= 0.3 is 0 Å². The molecule has 1 fully saturated rings. The summed E-state index contributed by atoms with van der Waals surface area (Å²) in [6.07, 6.45) is 3.10. The maximum atomic E-state index is 6.08. The first-order valence-corrected chi connectivity index (χ1v) is 10.00. The molecule has 3 aromatic rings. The third-order valence-corrected chi connectivity index (χ3v) is 5.11. The average Bonchev–Trinajstić information content (AvgIpc) is 3.00. The van der Waals surface area contributed by atoms with E-state index in [1.807, 2.05) is 42.6 Å². The zero-order valence-corrected chi connectivity index (χ0v) is 16.3. The van der Waals surface area contributed by atoms with Gasteiger partial charge in [-0.05, 0) is 61.3 Å². The number of rotatable bonds is 5. The molecule has 4 heteroatoms. The summed E-state index contributed by atoms with van der Waals surface area (Å²) in [5.74, 6) is 1.71. The van der Waals surface area contributed by atoms with E-state index in [4.69, 9.17) is 9.72 Å². The molecule has 1 saturated heterocycles. The predicted molar refractivity (Wildman–Crippen MR) is 113 cm³/mol. The molecule has 1 aromatic heterocycles. The smallest absolute Gasteiger partial charge is 0.127 e. The monoisotopic (exact) mass is 373 g/mol. The minimum absolute atomic E-state index is 0.125. The number of aryl methyl sites for hydroxylation is 1. The van der Waals surface area contributed by atoms with Crippen LogP contribution in [-0.2, 0) is 0 Å². The zero-order valence-electron chi connectivity index (χ0n) is 16.3. The predicted octanol–water partition coefficient (Wildman–Crippen LogP) is 4.57. The van der Waals surface area contributed by atoms with Crippen molar-refractivity contribution in [3.63, 3.8) is 0 Å². The lowest BCUT2D eigenvalue weighted by molar-refractivity contribution is 0.237. The largest absolute Gasteiger partial charge is 0.457 e. The zero-order chi connectivity index (χ0) is 19.2. The molecule has 4 nitrogen and oxygen atoms in total. The van der Waals surface area contributed by atoms with Gasteiger partial charge in [0.05, 0.1) is 11.7 Å². The minimum Gasteiger partial charge on any atom is -0.457 e. The van der Waals surface area contributed by atoms with E-state index in [0.29, 0.717) is 0 Å². The quantitative estimate of drug-likeness (QED) is 0.711. The number of nitrogens with zero attached hydrogens (tertiary/aromatic N) is 2. The van der Waals surface area contributed by atoms with Crippen molar-refractivity contribution in [1.29, 1.82) is 0 Å². The number of para-hydroxylation sites is 1. The highest BCUT2D eigenvalue weighted by atomic mass is 16.5. The normalized spacial score (nSPS) is 16.3. The molecule has 28 heavy (non-hydrogen) atoms. The van der Waals surface area contributed by atoms with Crippen molar-refractivity contribution in [2.45, 2.75) is 19.4 Å². The second-order valence-corrected chi connectivity index (χ2v) is 7.29. The van der Waals surface area contributed by atoms with Gasteiger partial charge in [0.1, 0.15) is 11.5 Å². The standard InChI is InChI=1S/C24H27N3O/c1-19-11-12-23(26-18-19)24(27-15-6-13-25-14-16-27)20-7-5-10-22(17-20)28-21-8-3-2-4-9-21/h2-5,7-12,17-18,24-25H,6,13-16H2,1H3. The van der Waals surface area contributed by atoms with Crippen LogP contribution in [0.5, 0.6) is 11.5 Å². The number of hydrogen-bond donors (Lipinski definition) is 1. The molecule has 2 aromatic carbocycles. The van der Waals surface area contributed by atoms with Gasteiger partial charge in [-0.2, -0.15) is 0 Å². The highest BCUT2D eigenvalue weighted by Gasteiger charge is 2.24. The maximum absolute atomic E-state index is 6.08. The second kappa shape index (κ2) is 9.00. The molecule has 0 aliphatic carbocycles. The summed E-state index contributed by atoms with van der Waals surface area (Å²) >= 11 is 0. The van der Waals surface area contributed by atoms with Crippen LogP contribution in [0.2, 0.25) is 0 Å². The van der Waals surface area contributed by atoms with Crippen molar-refractivity contribution < 1.29 is 4.74 Å². The van der Waals surface area contributed by atoms with E-state index in [1.165, 1.54) is 11.1 Å². The van der Waals surface area contributed by atoms with Gasteiger partial charge in [-0.1, -0.05) is 36.4 Å². The van der Waals surface area contributed by atoms with Crippen LogP contribution < -0.4 is 10.1 Å². The van der Waals surface area contributed by atoms with E-state index in [-0.39, 0.29) is 6.04 Å². The third-order valence-electron chi connectivity index (χ3n) is 5.11. The Morgan fingerprint density at radius 1 is 0.929 bits per heavy atom. The molecule has 1 unspecified atom stereocenters. The van der Waals surface area contributed by atoms with Crippen molar-refractivity contribution in [3.05, 3.63) is 89.7 Å². The first-order valence-electron chi connectivity index (χ1n) is 10.00. The van der Waals surface area contributed by atoms with Gasteiger partial charge < -0.3 is 10.1 Å². The van der Waals surface area contributed by atoms with E-state index in [1.54, 1.807) is 0 Å². The topological polar surface area (TPSA) is 37.4 Å². The van der Waals surface area contributed by atoms with Gasteiger partial charge in [0, 0.05) is 25.8 Å². The highest BCUT2D eigenvalue weighted by Crippen LogP contribution is 2.31. The van der Waals surface area contributed by atoms with E-state index >= 15 is 0 Å². The minimum atomic E-state index is 0.125. The van der Waals surface area contributed by atoms with Crippen LogP contribution in [-0.4, -0.2) is 36.1 Å². The van der Waals surface area contributed by atoms with Gasteiger partial charge in [-0.3, -0.25) is 9.88 Å². The molecule has 0 spiro atoms. The van der Waals surface area contributed by atoms with Crippen LogP contribution in [0.15, 0.2) is 72.9 Å². The van der Waals surface area contributed by atoms with Crippen molar-refractivity contribution in [2.75, 3.05) is 26.2 Å². The lowest BCUT2D eigenvalue weighted by Crippen LogP contribution is -2.33. The van der Waals surface area contributed by atoms with Crippen molar-refractivity contribution in [2.24, 2.45) is 0 Å². The van der Waals surface area contributed by atoms with Crippen LogP contribution in [0.25, 0.3) is 0 Å². The Morgan fingerprint density at radius 3 is 2.61 bits per heavy atom. The Hall–Kier alpha value is -2.69. The Balaban J connectivity index is 1.67. The number of aromatic nitrogens is 1. The Bertz CT molecular complexity index is 872. The fraction of sp³-hybridized carbons (Fsp3) is 0.292. The van der Waals surface area contributed by atoms with Crippen LogP contribution in [0.1, 0.15) is 29.3 Å². The molecular weight excluding hydrogens is 346 g/mol. The van der Waals surface area contributed by atoms with Crippen molar-refractivity contribution in [3.8, 4) is 11.5 Å². The van der Waals surface area contributed by atoms with Crippen LogP contribution in [0.3, 0.4) is 0 Å². The van der Waals surface area contributed by atoms with Gasteiger partial charge in [-0.15, -0.1) is 0 Å². The van der Waals surface area contributed by atoms with Gasteiger partial charge in [-0.25, -0.2) is 0 Å². The van der Waals surface area contributed by atoms with E-state index < -0.39 is 0 Å². The van der Waals surface area contributed by atoms with Gasteiger partial charge in [0.2, 0.25) is 0 Å². The van der Waals surface area contributed by atoms with Gasteiger partial charge in [0.25, 0.3) is 0 Å². The molecule has 0 bridgehead atoms. The number of hydrogen-bond acceptors (Lipinski definition) is 4. The van der Waals surface area contributed by atoms with E-state index in [9.17, 15) is 0 Å². The summed E-state index contributed by atoms with van der Waals surface area (Å²) in [4.78, 5) is 7.30. The molecule has 144 valence electrons. The number of pyridine rings is 1. The summed E-state index contributed by atoms with van der Waals surface area (Å²) in [5, 5.41) is 3.50. The number of benzene rings is 2. The van der Waals surface area contributed by atoms with Gasteiger partial charge in [0.15, 0.2) is 0 Å². The summed E-state index contributed by atoms with van der Waals surface area (Å²) in [6.45, 7) is 6.21. The lowest BCUT2D eigenvalue weighted by atomic mass is 10.00. The average molecular weight is 374 g/mol. The summed E-state index contributed by atoms with van der Waals surface area (Å²) in [5.41, 5.74) is 3.48. The summed E-state index contributed by atoms with van der Waals surface area (Å²) in [7, 11) is 0. The van der Waals surface area contributed by atoms with Crippen molar-refractivity contribution in [1.82, 2.24) is 15.2 Å². The fourth-order valence-corrected chi connectivity index (χ4v) is 3.71. The Labute approximate surface area is 167 Å². The molecule has 1 N–H and O–H groups in total.